The predicted octanol–water partition coefficient (Wildman–Crippen LogP) is 4.07. The van der Waals surface area contributed by atoms with Gasteiger partial charge in [0.05, 0.1) is 6.61 Å². The minimum Gasteiger partial charge on any atom is -0.461 e. The first-order valence-corrected chi connectivity index (χ1v) is 8.06. The SMILES string of the molecule is CCOC(=O)c1[nH]c2c(c1C)C(=O)C[C@H](c1ccc(Cl)cc1)C2. The average molecular weight is 332 g/mol. The molecule has 0 aliphatic heterocycles. The van der Waals surface area contributed by atoms with Crippen LogP contribution in [-0.2, 0) is 11.2 Å². The van der Waals surface area contributed by atoms with Crippen LogP contribution in [0, 0.1) is 6.92 Å². The fourth-order valence-electron chi connectivity index (χ4n) is 3.21. The van der Waals surface area contributed by atoms with Crippen molar-refractivity contribution in [1.82, 2.24) is 4.98 Å². The fourth-order valence-corrected chi connectivity index (χ4v) is 3.34. The molecular formula is C18H18ClNO3. The van der Waals surface area contributed by atoms with E-state index in [4.69, 9.17) is 16.3 Å². The van der Waals surface area contributed by atoms with Gasteiger partial charge in [-0.3, -0.25) is 4.79 Å². The van der Waals surface area contributed by atoms with Crippen molar-refractivity contribution in [1.29, 1.82) is 0 Å². The van der Waals surface area contributed by atoms with Crippen LogP contribution < -0.4 is 0 Å². The molecule has 0 fully saturated rings. The van der Waals surface area contributed by atoms with Crippen LogP contribution in [0.5, 0.6) is 0 Å². The molecule has 1 aliphatic carbocycles. The molecular weight excluding hydrogens is 314 g/mol. The van der Waals surface area contributed by atoms with E-state index in [1.807, 2.05) is 24.3 Å². The lowest BCUT2D eigenvalue weighted by Gasteiger charge is -2.22. The fraction of sp³-hybridized carbons (Fsp3) is 0.333. The highest BCUT2D eigenvalue weighted by Gasteiger charge is 2.32. The zero-order chi connectivity index (χ0) is 16.6. The summed E-state index contributed by atoms with van der Waals surface area (Å²) in [7, 11) is 0. The van der Waals surface area contributed by atoms with Gasteiger partial charge in [-0.25, -0.2) is 4.79 Å². The quantitative estimate of drug-likeness (QED) is 0.863. The van der Waals surface area contributed by atoms with Gasteiger partial charge in [0, 0.05) is 22.7 Å². The summed E-state index contributed by atoms with van der Waals surface area (Å²) in [4.78, 5) is 27.7. The number of Topliss-reactive ketones (excluding diaryl/α,β-unsaturated/α-hetero) is 1. The number of rotatable bonds is 3. The topological polar surface area (TPSA) is 59.2 Å². The first-order chi connectivity index (χ1) is 11.0. The normalized spacial score (nSPS) is 17.0. The van der Waals surface area contributed by atoms with Crippen molar-refractivity contribution < 1.29 is 14.3 Å². The van der Waals surface area contributed by atoms with Crippen LogP contribution in [0.3, 0.4) is 0 Å². The van der Waals surface area contributed by atoms with E-state index in [9.17, 15) is 9.59 Å². The highest BCUT2D eigenvalue weighted by atomic mass is 35.5. The Kier molecular flexibility index (Phi) is 4.26. The molecule has 1 aromatic heterocycles. The van der Waals surface area contributed by atoms with E-state index in [2.05, 4.69) is 4.98 Å². The number of halogens is 1. The molecule has 0 spiro atoms. The highest BCUT2D eigenvalue weighted by Crippen LogP contribution is 2.35. The van der Waals surface area contributed by atoms with E-state index in [1.165, 1.54) is 0 Å². The second-order valence-corrected chi connectivity index (χ2v) is 6.22. The Balaban J connectivity index is 1.94. The minimum atomic E-state index is -0.407. The van der Waals surface area contributed by atoms with Gasteiger partial charge in [0.25, 0.3) is 0 Å². The first-order valence-electron chi connectivity index (χ1n) is 7.68. The maximum atomic E-state index is 12.6. The van der Waals surface area contributed by atoms with Gasteiger partial charge in [0.2, 0.25) is 0 Å². The van der Waals surface area contributed by atoms with Crippen LogP contribution >= 0.6 is 11.6 Å². The molecule has 0 radical (unpaired) electrons. The van der Waals surface area contributed by atoms with Crippen molar-refractivity contribution >= 4 is 23.4 Å². The Labute approximate surface area is 139 Å². The van der Waals surface area contributed by atoms with Gasteiger partial charge < -0.3 is 9.72 Å². The number of esters is 1. The van der Waals surface area contributed by atoms with E-state index in [-0.39, 0.29) is 11.7 Å². The highest BCUT2D eigenvalue weighted by molar-refractivity contribution is 6.30. The molecule has 1 N–H and O–H groups in total. The number of nitrogens with one attached hydrogen (secondary N) is 1. The smallest absolute Gasteiger partial charge is 0.355 e. The lowest BCUT2D eigenvalue weighted by atomic mass is 9.81. The summed E-state index contributed by atoms with van der Waals surface area (Å²) in [6.07, 6.45) is 1.14. The van der Waals surface area contributed by atoms with Crippen molar-refractivity contribution in [2.45, 2.75) is 32.6 Å². The Morgan fingerprint density at radius 1 is 1.30 bits per heavy atom. The average Bonchev–Trinajstić information content (AvgIpc) is 2.86. The molecule has 0 saturated carbocycles. The molecule has 1 heterocycles. The van der Waals surface area contributed by atoms with Gasteiger partial charge in [-0.1, -0.05) is 23.7 Å². The van der Waals surface area contributed by atoms with Gasteiger partial charge in [-0.15, -0.1) is 0 Å². The summed E-state index contributed by atoms with van der Waals surface area (Å²) in [5.74, 6) is -0.244. The standard InChI is InChI=1S/C18H18ClNO3/c1-3-23-18(22)17-10(2)16-14(20-17)8-12(9-15(16)21)11-4-6-13(19)7-5-11/h4-7,12,20H,3,8-9H2,1-2H3/t12-/m1/s1. The second kappa shape index (κ2) is 6.20. The molecule has 0 unspecified atom stereocenters. The van der Waals surface area contributed by atoms with E-state index in [0.717, 1.165) is 11.3 Å². The number of aromatic amines is 1. The van der Waals surface area contributed by atoms with Crippen LogP contribution in [0.2, 0.25) is 5.02 Å². The Hall–Kier alpha value is -2.07. The molecule has 0 amide bonds. The summed E-state index contributed by atoms with van der Waals surface area (Å²) in [6, 6.07) is 7.57. The number of ether oxygens (including phenoxy) is 1. The summed E-state index contributed by atoms with van der Waals surface area (Å²) in [6.45, 7) is 3.86. The third-order valence-corrected chi connectivity index (χ3v) is 4.56. The van der Waals surface area contributed by atoms with Gasteiger partial charge in [0.15, 0.2) is 5.78 Å². The first kappa shape index (κ1) is 15.8. The zero-order valence-corrected chi connectivity index (χ0v) is 13.9. The second-order valence-electron chi connectivity index (χ2n) is 5.78. The van der Waals surface area contributed by atoms with E-state index in [1.54, 1.807) is 13.8 Å². The van der Waals surface area contributed by atoms with Gasteiger partial charge >= 0.3 is 5.97 Å². The van der Waals surface area contributed by atoms with Gasteiger partial charge in [0.1, 0.15) is 5.69 Å². The molecule has 0 bridgehead atoms. The number of ketones is 1. The molecule has 1 aliphatic rings. The van der Waals surface area contributed by atoms with Crippen molar-refractivity contribution in [3.63, 3.8) is 0 Å². The molecule has 2 aromatic rings. The maximum Gasteiger partial charge on any atom is 0.355 e. The van der Waals surface area contributed by atoms with Gasteiger partial charge in [-0.2, -0.15) is 0 Å². The number of benzene rings is 1. The molecule has 3 rings (SSSR count). The Bertz CT molecular complexity index is 761. The largest absolute Gasteiger partial charge is 0.461 e. The zero-order valence-electron chi connectivity index (χ0n) is 13.1. The lowest BCUT2D eigenvalue weighted by molar-refractivity contribution is 0.0519. The van der Waals surface area contributed by atoms with E-state index in [0.29, 0.717) is 41.3 Å². The van der Waals surface area contributed by atoms with Crippen LogP contribution in [0.15, 0.2) is 24.3 Å². The van der Waals surface area contributed by atoms with E-state index >= 15 is 0 Å². The summed E-state index contributed by atoms with van der Waals surface area (Å²) in [5.41, 5.74) is 3.64. The lowest BCUT2D eigenvalue weighted by Crippen LogP contribution is -2.18. The number of aromatic nitrogens is 1. The number of carbonyl (C=O) groups is 2. The molecule has 1 aromatic carbocycles. The molecule has 0 saturated heterocycles. The summed E-state index contributed by atoms with van der Waals surface area (Å²) < 4.78 is 5.05. The minimum absolute atomic E-state index is 0.0653. The Morgan fingerprint density at radius 3 is 2.65 bits per heavy atom. The third-order valence-electron chi connectivity index (χ3n) is 4.31. The van der Waals surface area contributed by atoms with E-state index < -0.39 is 5.97 Å². The van der Waals surface area contributed by atoms with Crippen LogP contribution in [0.1, 0.15) is 56.9 Å². The summed E-state index contributed by atoms with van der Waals surface area (Å²) >= 11 is 5.92. The number of fused-ring (bicyclic) bond motifs is 1. The van der Waals surface area contributed by atoms with Crippen LogP contribution in [0.4, 0.5) is 0 Å². The van der Waals surface area contributed by atoms with Crippen molar-refractivity contribution in [2.75, 3.05) is 6.61 Å². The predicted molar refractivity (Wildman–Crippen MR) is 88.3 cm³/mol. The summed E-state index contributed by atoms with van der Waals surface area (Å²) in [5, 5.41) is 0.678. The van der Waals surface area contributed by atoms with Crippen molar-refractivity contribution in [3.05, 3.63) is 57.4 Å². The van der Waals surface area contributed by atoms with Crippen molar-refractivity contribution in [3.8, 4) is 0 Å². The number of carbonyl (C=O) groups excluding carboxylic acids is 2. The molecule has 23 heavy (non-hydrogen) atoms. The monoisotopic (exact) mass is 331 g/mol. The molecule has 5 heteroatoms. The molecule has 1 atom stereocenters. The Morgan fingerprint density at radius 2 is 2.00 bits per heavy atom. The van der Waals surface area contributed by atoms with Crippen LogP contribution in [-0.4, -0.2) is 23.3 Å². The number of hydrogen-bond donors (Lipinski definition) is 1. The maximum absolute atomic E-state index is 12.6. The van der Waals surface area contributed by atoms with Gasteiger partial charge in [-0.05, 0) is 49.4 Å². The third kappa shape index (κ3) is 2.91. The number of hydrogen-bond acceptors (Lipinski definition) is 3. The molecule has 4 nitrogen and oxygen atoms in total. The molecule has 120 valence electrons. The van der Waals surface area contributed by atoms with Crippen molar-refractivity contribution in [2.24, 2.45) is 0 Å². The van der Waals surface area contributed by atoms with Crippen LogP contribution in [0.25, 0.3) is 0 Å². The number of H-pyrrole nitrogens is 1.